The molecule has 0 unspecified atom stereocenters. The van der Waals surface area contributed by atoms with Crippen molar-refractivity contribution in [2.45, 2.75) is 17.3 Å². The first-order valence-electron chi connectivity index (χ1n) is 6.57. The molecule has 0 radical (unpaired) electrons. The number of ether oxygens (including phenoxy) is 1. The van der Waals surface area contributed by atoms with Crippen LogP contribution < -0.4 is 5.84 Å². The summed E-state index contributed by atoms with van der Waals surface area (Å²) in [4.78, 5) is 5.34. The van der Waals surface area contributed by atoms with Crippen molar-refractivity contribution in [1.82, 2.24) is 19.9 Å². The van der Waals surface area contributed by atoms with E-state index in [9.17, 15) is 0 Å². The van der Waals surface area contributed by atoms with Crippen molar-refractivity contribution in [2.24, 2.45) is 0 Å². The van der Waals surface area contributed by atoms with Crippen LogP contribution >= 0.6 is 23.1 Å². The quantitative estimate of drug-likeness (QED) is 0.522. The predicted octanol–water partition coefficient (Wildman–Crippen LogP) is 2.19. The van der Waals surface area contributed by atoms with Crippen molar-refractivity contribution >= 4 is 23.1 Å². The molecule has 0 aromatic carbocycles. The highest BCUT2D eigenvalue weighted by Crippen LogP contribution is 2.27. The number of nitrogens with zero attached hydrogens (tertiary/aromatic N) is 4. The van der Waals surface area contributed by atoms with Gasteiger partial charge in [-0.15, -0.1) is 21.5 Å². The third-order valence-corrected chi connectivity index (χ3v) is 4.72. The zero-order valence-corrected chi connectivity index (χ0v) is 13.6. The molecule has 3 heterocycles. The van der Waals surface area contributed by atoms with E-state index >= 15 is 0 Å². The van der Waals surface area contributed by atoms with E-state index < -0.39 is 0 Å². The number of hydrogen-bond donors (Lipinski definition) is 1. The Morgan fingerprint density at radius 2 is 2.36 bits per heavy atom. The Morgan fingerprint density at radius 3 is 3.14 bits per heavy atom. The van der Waals surface area contributed by atoms with Crippen LogP contribution in [0.25, 0.3) is 10.6 Å². The van der Waals surface area contributed by atoms with Gasteiger partial charge in [0.2, 0.25) is 11.0 Å². The minimum absolute atomic E-state index is 0.547. The van der Waals surface area contributed by atoms with Gasteiger partial charge < -0.3 is 15.0 Å². The summed E-state index contributed by atoms with van der Waals surface area (Å²) < 4.78 is 12.2. The Morgan fingerprint density at radius 1 is 1.45 bits per heavy atom. The fourth-order valence-electron chi connectivity index (χ4n) is 1.81. The average Bonchev–Trinajstić information content (AvgIpc) is 3.25. The molecule has 0 spiro atoms. The molecule has 0 amide bonds. The number of thioether (sulfide) groups is 1. The van der Waals surface area contributed by atoms with Crippen LogP contribution in [0.2, 0.25) is 0 Å². The lowest BCUT2D eigenvalue weighted by atomic mass is 10.4. The number of rotatable bonds is 7. The van der Waals surface area contributed by atoms with Crippen LogP contribution in [0.1, 0.15) is 11.7 Å². The third kappa shape index (κ3) is 3.32. The monoisotopic (exact) mass is 337 g/mol. The van der Waals surface area contributed by atoms with Crippen molar-refractivity contribution < 1.29 is 9.15 Å². The number of aromatic nitrogens is 4. The van der Waals surface area contributed by atoms with Crippen LogP contribution in [0.3, 0.4) is 0 Å². The Labute approximate surface area is 135 Å². The molecule has 0 atom stereocenters. The van der Waals surface area contributed by atoms with Gasteiger partial charge in [0.15, 0.2) is 11.6 Å². The molecule has 0 fully saturated rings. The van der Waals surface area contributed by atoms with E-state index in [0.29, 0.717) is 35.7 Å². The third-order valence-electron chi connectivity index (χ3n) is 2.91. The van der Waals surface area contributed by atoms with Gasteiger partial charge >= 0.3 is 0 Å². The summed E-state index contributed by atoms with van der Waals surface area (Å²) in [5.41, 5.74) is 0. The fraction of sp³-hybridized carbons (Fsp3) is 0.308. The first-order valence-corrected chi connectivity index (χ1v) is 8.44. The highest BCUT2D eigenvalue weighted by Gasteiger charge is 2.12. The molecule has 3 aromatic rings. The molecule has 3 aromatic heterocycles. The van der Waals surface area contributed by atoms with Gasteiger partial charge in [0.05, 0.1) is 23.4 Å². The van der Waals surface area contributed by atoms with Crippen molar-refractivity contribution in [3.8, 4) is 10.6 Å². The van der Waals surface area contributed by atoms with Crippen LogP contribution in [0.5, 0.6) is 0 Å². The minimum atomic E-state index is 0.547. The Balaban J connectivity index is 1.62. The van der Waals surface area contributed by atoms with Gasteiger partial charge in [-0.3, -0.25) is 0 Å². The summed E-state index contributed by atoms with van der Waals surface area (Å²) in [7, 11) is 1.64. The van der Waals surface area contributed by atoms with Gasteiger partial charge in [-0.1, -0.05) is 17.8 Å². The fourth-order valence-corrected chi connectivity index (χ4v) is 3.21. The van der Waals surface area contributed by atoms with Crippen LogP contribution in [0.4, 0.5) is 0 Å². The van der Waals surface area contributed by atoms with Gasteiger partial charge in [0, 0.05) is 13.5 Å². The zero-order valence-electron chi connectivity index (χ0n) is 11.9. The number of nitrogens with two attached hydrogens (primary N) is 1. The smallest absolute Gasteiger partial charge is 0.210 e. The number of hydrogen-bond acceptors (Lipinski definition) is 8. The highest BCUT2D eigenvalue weighted by molar-refractivity contribution is 7.98. The van der Waals surface area contributed by atoms with Crippen LogP contribution in [-0.4, -0.2) is 33.6 Å². The summed E-state index contributed by atoms with van der Waals surface area (Å²) in [6.07, 6.45) is 2.36. The molecular formula is C13H15N5O2S2. The molecule has 3 rings (SSSR count). The highest BCUT2D eigenvalue weighted by atomic mass is 32.2. The maximum absolute atomic E-state index is 5.96. The molecule has 7 nitrogen and oxygen atoms in total. The molecule has 2 N–H and O–H groups in total. The Bertz CT molecular complexity index is 723. The topological polar surface area (TPSA) is 92.0 Å². The van der Waals surface area contributed by atoms with E-state index in [2.05, 4.69) is 15.2 Å². The molecular weight excluding hydrogens is 322 g/mol. The van der Waals surface area contributed by atoms with Gasteiger partial charge in [0.25, 0.3) is 0 Å². The molecule has 0 aliphatic carbocycles. The first kappa shape index (κ1) is 15.1. The molecule has 22 heavy (non-hydrogen) atoms. The largest absolute Gasteiger partial charge is 0.439 e. The molecule has 0 saturated carbocycles. The number of thiophene rings is 1. The molecule has 0 bridgehead atoms. The predicted molar refractivity (Wildman–Crippen MR) is 85.1 cm³/mol. The van der Waals surface area contributed by atoms with Crippen molar-refractivity contribution in [2.75, 3.05) is 19.6 Å². The minimum Gasteiger partial charge on any atom is -0.439 e. The molecule has 116 valence electrons. The lowest BCUT2D eigenvalue weighted by molar-refractivity contribution is 0.200. The molecule has 0 aliphatic heterocycles. The van der Waals surface area contributed by atoms with Gasteiger partial charge in [0.1, 0.15) is 0 Å². The van der Waals surface area contributed by atoms with Crippen molar-refractivity contribution in [1.29, 1.82) is 0 Å². The van der Waals surface area contributed by atoms with Crippen molar-refractivity contribution in [3.05, 3.63) is 35.4 Å². The molecule has 0 saturated heterocycles. The van der Waals surface area contributed by atoms with E-state index in [1.165, 1.54) is 16.4 Å². The zero-order chi connectivity index (χ0) is 15.4. The standard InChI is InChI=1S/C13H15N5O2S2/c1-19-5-4-11-16-17-13(18(11)14)22-8-12-15-7-9(20-12)10-3-2-6-21-10/h2-3,6-7H,4-5,8,14H2,1H3. The summed E-state index contributed by atoms with van der Waals surface area (Å²) in [5.74, 6) is 8.61. The van der Waals surface area contributed by atoms with E-state index in [4.69, 9.17) is 15.0 Å². The van der Waals surface area contributed by atoms with E-state index in [-0.39, 0.29) is 0 Å². The van der Waals surface area contributed by atoms with Crippen LogP contribution in [0.15, 0.2) is 33.3 Å². The van der Waals surface area contributed by atoms with Gasteiger partial charge in [-0.2, -0.15) is 0 Å². The van der Waals surface area contributed by atoms with Gasteiger partial charge in [-0.05, 0) is 11.4 Å². The molecule has 9 heteroatoms. The Kier molecular flexibility index (Phi) is 4.76. The first-order chi connectivity index (χ1) is 10.8. The number of oxazole rings is 1. The van der Waals surface area contributed by atoms with Crippen LogP contribution in [-0.2, 0) is 16.9 Å². The second-order valence-electron chi connectivity index (χ2n) is 4.40. The second-order valence-corrected chi connectivity index (χ2v) is 6.29. The number of nitrogen functional groups attached to an aromatic ring is 1. The van der Waals surface area contributed by atoms with E-state index in [0.717, 1.165) is 10.6 Å². The second kappa shape index (κ2) is 6.95. The Hall–Kier alpha value is -1.84. The van der Waals surface area contributed by atoms with Gasteiger partial charge in [-0.25, -0.2) is 9.66 Å². The lowest BCUT2D eigenvalue weighted by Gasteiger charge is -2.02. The maximum Gasteiger partial charge on any atom is 0.210 e. The average molecular weight is 337 g/mol. The van der Waals surface area contributed by atoms with Crippen molar-refractivity contribution in [3.63, 3.8) is 0 Å². The maximum atomic E-state index is 5.96. The number of methoxy groups -OCH3 is 1. The normalized spacial score (nSPS) is 11.1. The lowest BCUT2D eigenvalue weighted by Crippen LogP contribution is -2.15. The summed E-state index contributed by atoms with van der Waals surface area (Å²) in [6.45, 7) is 0.559. The summed E-state index contributed by atoms with van der Waals surface area (Å²) in [6, 6.07) is 3.98. The molecule has 0 aliphatic rings. The summed E-state index contributed by atoms with van der Waals surface area (Å²) >= 11 is 3.05. The van der Waals surface area contributed by atoms with E-state index in [1.54, 1.807) is 24.6 Å². The van der Waals surface area contributed by atoms with Crippen LogP contribution in [0, 0.1) is 0 Å². The van der Waals surface area contributed by atoms with E-state index in [1.807, 2.05) is 17.5 Å². The summed E-state index contributed by atoms with van der Waals surface area (Å²) in [5, 5.41) is 10.7. The SMILES string of the molecule is COCCc1nnc(SCc2ncc(-c3cccs3)o2)n1N.